The first-order valence-electron chi connectivity index (χ1n) is 10.5. The SMILES string of the molecule is COc1cccc(NC(=O)[C@H](C)N2CCN(S(=O)(=O)c3ccc(C(C)C)cc3)CC2)c1. The van der Waals surface area contributed by atoms with Gasteiger partial charge in [0.1, 0.15) is 5.75 Å². The van der Waals surface area contributed by atoms with Crippen molar-refractivity contribution >= 4 is 21.6 Å². The van der Waals surface area contributed by atoms with Crippen molar-refractivity contribution in [3.63, 3.8) is 0 Å². The third kappa shape index (κ3) is 5.44. The Balaban J connectivity index is 1.59. The molecule has 0 aliphatic carbocycles. The zero-order valence-corrected chi connectivity index (χ0v) is 19.4. The van der Waals surface area contributed by atoms with Crippen molar-refractivity contribution in [3.8, 4) is 5.75 Å². The average Bonchev–Trinajstić information content (AvgIpc) is 2.78. The maximum Gasteiger partial charge on any atom is 0.243 e. The maximum absolute atomic E-state index is 13.0. The number of piperazine rings is 1. The third-order valence-electron chi connectivity index (χ3n) is 5.72. The van der Waals surface area contributed by atoms with E-state index in [9.17, 15) is 13.2 Å². The van der Waals surface area contributed by atoms with E-state index in [0.29, 0.717) is 48.4 Å². The number of nitrogens with zero attached hydrogens (tertiary/aromatic N) is 2. The highest BCUT2D eigenvalue weighted by atomic mass is 32.2. The largest absolute Gasteiger partial charge is 0.497 e. The minimum absolute atomic E-state index is 0.131. The highest BCUT2D eigenvalue weighted by Crippen LogP contribution is 2.22. The Labute approximate surface area is 185 Å². The first-order valence-corrected chi connectivity index (χ1v) is 12.0. The molecular weight excluding hydrogens is 414 g/mol. The monoisotopic (exact) mass is 445 g/mol. The fourth-order valence-corrected chi connectivity index (χ4v) is 5.04. The molecule has 0 spiro atoms. The average molecular weight is 446 g/mol. The van der Waals surface area contributed by atoms with Gasteiger partial charge in [-0.25, -0.2) is 8.42 Å². The van der Waals surface area contributed by atoms with E-state index in [2.05, 4.69) is 19.2 Å². The van der Waals surface area contributed by atoms with E-state index >= 15 is 0 Å². The van der Waals surface area contributed by atoms with Crippen LogP contribution in [-0.2, 0) is 14.8 Å². The van der Waals surface area contributed by atoms with Crippen LogP contribution in [0.2, 0.25) is 0 Å². The normalized spacial score (nSPS) is 16.8. The van der Waals surface area contributed by atoms with Gasteiger partial charge in [-0.3, -0.25) is 9.69 Å². The van der Waals surface area contributed by atoms with Gasteiger partial charge in [0.2, 0.25) is 15.9 Å². The van der Waals surface area contributed by atoms with Crippen LogP contribution in [0.15, 0.2) is 53.4 Å². The second-order valence-electron chi connectivity index (χ2n) is 8.06. The van der Waals surface area contributed by atoms with E-state index < -0.39 is 10.0 Å². The molecule has 1 aliphatic heterocycles. The Bertz CT molecular complexity index is 998. The summed E-state index contributed by atoms with van der Waals surface area (Å²) >= 11 is 0. The lowest BCUT2D eigenvalue weighted by molar-refractivity contribution is -0.121. The fraction of sp³-hybridized carbons (Fsp3) is 0.435. The number of anilines is 1. The van der Waals surface area contributed by atoms with Gasteiger partial charge in [0.15, 0.2) is 0 Å². The van der Waals surface area contributed by atoms with Gasteiger partial charge in [-0.15, -0.1) is 0 Å². The molecule has 2 aromatic carbocycles. The topological polar surface area (TPSA) is 79.0 Å². The van der Waals surface area contributed by atoms with Gasteiger partial charge in [-0.05, 0) is 42.7 Å². The second kappa shape index (κ2) is 9.80. The number of ether oxygens (including phenoxy) is 1. The lowest BCUT2D eigenvalue weighted by Gasteiger charge is -2.36. The van der Waals surface area contributed by atoms with Crippen molar-refractivity contribution in [3.05, 3.63) is 54.1 Å². The van der Waals surface area contributed by atoms with Crippen molar-refractivity contribution < 1.29 is 17.9 Å². The van der Waals surface area contributed by atoms with Crippen LogP contribution in [0.4, 0.5) is 5.69 Å². The molecule has 0 unspecified atom stereocenters. The third-order valence-corrected chi connectivity index (χ3v) is 7.64. The number of carbonyl (C=O) groups is 1. The zero-order valence-electron chi connectivity index (χ0n) is 18.5. The Morgan fingerprint density at radius 3 is 2.23 bits per heavy atom. The van der Waals surface area contributed by atoms with Crippen LogP contribution >= 0.6 is 0 Å². The quantitative estimate of drug-likeness (QED) is 0.708. The first-order chi connectivity index (χ1) is 14.7. The molecule has 8 heteroatoms. The number of methoxy groups -OCH3 is 1. The van der Waals surface area contributed by atoms with Crippen LogP contribution in [0.25, 0.3) is 0 Å². The Kier molecular flexibility index (Phi) is 7.35. The molecule has 1 fully saturated rings. The van der Waals surface area contributed by atoms with Crippen LogP contribution in [-0.4, -0.2) is 62.9 Å². The van der Waals surface area contributed by atoms with E-state index in [1.54, 1.807) is 25.3 Å². The summed E-state index contributed by atoms with van der Waals surface area (Å²) < 4.78 is 32.7. The van der Waals surface area contributed by atoms with Crippen LogP contribution in [0.1, 0.15) is 32.3 Å². The van der Waals surface area contributed by atoms with Crippen LogP contribution in [0.3, 0.4) is 0 Å². The number of hydrogen-bond acceptors (Lipinski definition) is 5. The van der Waals surface area contributed by atoms with E-state index in [1.165, 1.54) is 4.31 Å². The van der Waals surface area contributed by atoms with Crippen molar-refractivity contribution in [1.82, 2.24) is 9.21 Å². The summed E-state index contributed by atoms with van der Waals surface area (Å²) in [6, 6.07) is 13.9. The summed E-state index contributed by atoms with van der Waals surface area (Å²) in [5, 5.41) is 2.90. The van der Waals surface area contributed by atoms with Gasteiger partial charge in [0.25, 0.3) is 0 Å². The number of benzene rings is 2. The number of sulfonamides is 1. The highest BCUT2D eigenvalue weighted by molar-refractivity contribution is 7.89. The molecule has 1 atom stereocenters. The number of nitrogens with one attached hydrogen (secondary N) is 1. The van der Waals surface area contributed by atoms with Crippen LogP contribution in [0, 0.1) is 0 Å². The zero-order chi connectivity index (χ0) is 22.6. The summed E-state index contributed by atoms with van der Waals surface area (Å²) in [6.45, 7) is 7.69. The molecule has 31 heavy (non-hydrogen) atoms. The lowest BCUT2D eigenvalue weighted by atomic mass is 10.0. The molecule has 1 N–H and O–H groups in total. The smallest absolute Gasteiger partial charge is 0.243 e. The van der Waals surface area contributed by atoms with E-state index in [0.717, 1.165) is 5.56 Å². The summed E-state index contributed by atoms with van der Waals surface area (Å²) in [7, 11) is -1.96. The molecule has 1 aliphatic rings. The second-order valence-corrected chi connectivity index (χ2v) is 10.00. The number of amides is 1. The predicted molar refractivity (Wildman–Crippen MR) is 122 cm³/mol. The lowest BCUT2D eigenvalue weighted by Crippen LogP contribution is -2.53. The Morgan fingerprint density at radius 1 is 1.00 bits per heavy atom. The molecule has 3 rings (SSSR count). The van der Waals surface area contributed by atoms with Crippen molar-refractivity contribution in [2.75, 3.05) is 38.6 Å². The molecule has 0 radical (unpaired) electrons. The Morgan fingerprint density at radius 2 is 1.65 bits per heavy atom. The van der Waals surface area contributed by atoms with Crippen molar-refractivity contribution in [2.24, 2.45) is 0 Å². The van der Waals surface area contributed by atoms with Gasteiger partial charge in [0, 0.05) is 37.9 Å². The number of carbonyl (C=O) groups excluding carboxylic acids is 1. The molecule has 1 amide bonds. The summed E-state index contributed by atoms with van der Waals surface area (Å²) in [5.41, 5.74) is 1.78. The van der Waals surface area contributed by atoms with E-state index in [4.69, 9.17) is 4.74 Å². The van der Waals surface area contributed by atoms with E-state index in [-0.39, 0.29) is 11.9 Å². The van der Waals surface area contributed by atoms with Gasteiger partial charge >= 0.3 is 0 Å². The minimum atomic E-state index is -3.54. The summed E-state index contributed by atoms with van der Waals surface area (Å²) in [6.07, 6.45) is 0. The number of rotatable bonds is 7. The van der Waals surface area contributed by atoms with Crippen LogP contribution < -0.4 is 10.1 Å². The highest BCUT2D eigenvalue weighted by Gasteiger charge is 2.31. The van der Waals surface area contributed by atoms with E-state index in [1.807, 2.05) is 42.2 Å². The molecule has 1 saturated heterocycles. The number of hydrogen-bond donors (Lipinski definition) is 1. The molecule has 1 heterocycles. The molecule has 0 saturated carbocycles. The maximum atomic E-state index is 13.0. The summed E-state index contributed by atoms with van der Waals surface area (Å²) in [5.74, 6) is 0.893. The van der Waals surface area contributed by atoms with Crippen LogP contribution in [0.5, 0.6) is 5.75 Å². The molecule has 0 bridgehead atoms. The van der Waals surface area contributed by atoms with Gasteiger partial charge in [0.05, 0.1) is 18.0 Å². The fourth-order valence-electron chi connectivity index (χ4n) is 3.62. The molecule has 0 aromatic heterocycles. The molecule has 7 nitrogen and oxygen atoms in total. The molecular formula is C23H31N3O4S. The molecule has 2 aromatic rings. The summed E-state index contributed by atoms with van der Waals surface area (Å²) in [4.78, 5) is 15.0. The predicted octanol–water partition coefficient (Wildman–Crippen LogP) is 3.15. The first kappa shape index (κ1) is 23.2. The van der Waals surface area contributed by atoms with Crippen molar-refractivity contribution in [1.29, 1.82) is 0 Å². The van der Waals surface area contributed by atoms with Gasteiger partial charge in [-0.2, -0.15) is 4.31 Å². The van der Waals surface area contributed by atoms with Gasteiger partial charge in [-0.1, -0.05) is 32.0 Å². The Hall–Kier alpha value is -2.42. The van der Waals surface area contributed by atoms with Crippen molar-refractivity contribution in [2.45, 2.75) is 37.6 Å². The molecule has 168 valence electrons. The van der Waals surface area contributed by atoms with Gasteiger partial charge < -0.3 is 10.1 Å². The minimum Gasteiger partial charge on any atom is -0.497 e. The standard InChI is InChI=1S/C23H31N3O4S/c1-17(2)19-8-10-22(11-9-19)31(28,29)26-14-12-25(13-15-26)18(3)23(27)24-20-6-5-7-21(16-20)30-4/h5-11,16-18H,12-15H2,1-4H3,(H,24,27)/t18-/m0/s1.